The van der Waals surface area contributed by atoms with E-state index in [2.05, 4.69) is 36.3 Å². The zero-order chi connectivity index (χ0) is 18.7. The van der Waals surface area contributed by atoms with Crippen LogP contribution in [0.1, 0.15) is 37.9 Å². The topological polar surface area (TPSA) is 99.8 Å². The lowest BCUT2D eigenvalue weighted by Crippen LogP contribution is -2.15. The summed E-state index contributed by atoms with van der Waals surface area (Å²) in [5.74, 6) is 1.51. The molecule has 0 saturated carbocycles. The molecule has 0 atom stereocenters. The van der Waals surface area contributed by atoms with Gasteiger partial charge in [-0.2, -0.15) is 0 Å². The molecule has 3 heterocycles. The number of thioether (sulfide) groups is 1. The quantitative estimate of drug-likeness (QED) is 0.619. The van der Waals surface area contributed by atoms with Crippen molar-refractivity contribution in [2.24, 2.45) is 5.73 Å². The normalized spacial score (nSPS) is 11.8. The van der Waals surface area contributed by atoms with Crippen molar-refractivity contribution in [3.8, 4) is 11.6 Å². The van der Waals surface area contributed by atoms with Gasteiger partial charge in [-0.25, -0.2) is 4.98 Å². The first-order chi connectivity index (χ1) is 12.3. The van der Waals surface area contributed by atoms with Gasteiger partial charge in [0.15, 0.2) is 16.7 Å². The van der Waals surface area contributed by atoms with Gasteiger partial charge in [0, 0.05) is 29.5 Å². The number of primary amides is 1. The van der Waals surface area contributed by atoms with E-state index >= 15 is 0 Å². The molecular weight excluding hydrogens is 370 g/mol. The molecule has 1 amide bonds. The maximum atomic E-state index is 11.2. The van der Waals surface area contributed by atoms with Gasteiger partial charge in [-0.05, 0) is 12.1 Å². The van der Waals surface area contributed by atoms with Gasteiger partial charge in [-0.1, -0.05) is 32.5 Å². The highest BCUT2D eigenvalue weighted by atomic mass is 32.2. The van der Waals surface area contributed by atoms with E-state index in [1.807, 2.05) is 10.6 Å². The maximum Gasteiger partial charge on any atom is 0.219 e. The van der Waals surface area contributed by atoms with Crippen LogP contribution in [0.15, 0.2) is 33.3 Å². The van der Waals surface area contributed by atoms with Gasteiger partial charge in [0.1, 0.15) is 0 Å². The minimum Gasteiger partial charge on any atom is -0.461 e. The van der Waals surface area contributed by atoms with Crippen LogP contribution in [0.3, 0.4) is 0 Å². The molecule has 0 spiro atoms. The molecular formula is C17H21N5O2S2. The highest BCUT2D eigenvalue weighted by Gasteiger charge is 2.20. The predicted molar refractivity (Wildman–Crippen MR) is 102 cm³/mol. The van der Waals surface area contributed by atoms with E-state index in [0.717, 1.165) is 10.7 Å². The Kier molecular flexibility index (Phi) is 5.47. The van der Waals surface area contributed by atoms with E-state index in [9.17, 15) is 4.79 Å². The fourth-order valence-electron chi connectivity index (χ4n) is 2.26. The molecule has 0 aliphatic carbocycles. The molecule has 3 rings (SSSR count). The first kappa shape index (κ1) is 18.7. The second-order valence-corrected chi connectivity index (χ2v) is 8.63. The molecule has 0 unspecified atom stereocenters. The Morgan fingerprint density at radius 2 is 2.19 bits per heavy atom. The zero-order valence-corrected chi connectivity index (χ0v) is 16.6. The van der Waals surface area contributed by atoms with Crippen LogP contribution in [0, 0.1) is 0 Å². The molecule has 0 fully saturated rings. The lowest BCUT2D eigenvalue weighted by molar-refractivity contribution is -0.118. The number of nitrogens with zero attached hydrogens (tertiary/aromatic N) is 4. The number of rotatable bonds is 7. The first-order valence-electron chi connectivity index (χ1n) is 8.17. The van der Waals surface area contributed by atoms with E-state index < -0.39 is 0 Å². The van der Waals surface area contributed by atoms with E-state index in [1.54, 1.807) is 23.7 Å². The monoisotopic (exact) mass is 391 g/mol. The SMILES string of the molecule is CC(C)(C)c1nc(CSc2nnc(-c3ccco3)n2CCC(N)=O)cs1. The fraction of sp³-hybridized carbons (Fsp3) is 0.412. The van der Waals surface area contributed by atoms with Crippen molar-refractivity contribution in [2.45, 2.75) is 50.1 Å². The van der Waals surface area contributed by atoms with Gasteiger partial charge >= 0.3 is 0 Å². The molecule has 3 aromatic rings. The van der Waals surface area contributed by atoms with Crippen LogP contribution in [0.2, 0.25) is 0 Å². The second kappa shape index (κ2) is 7.63. The summed E-state index contributed by atoms with van der Waals surface area (Å²) in [6, 6.07) is 3.60. The minimum atomic E-state index is -0.366. The molecule has 0 aliphatic heterocycles. The van der Waals surface area contributed by atoms with Gasteiger partial charge in [-0.15, -0.1) is 21.5 Å². The summed E-state index contributed by atoms with van der Waals surface area (Å²) in [6.45, 7) is 6.86. The summed E-state index contributed by atoms with van der Waals surface area (Å²) in [6.07, 6.45) is 1.79. The van der Waals surface area contributed by atoms with Gasteiger partial charge in [0.05, 0.1) is 17.0 Å². The van der Waals surface area contributed by atoms with Crippen molar-refractivity contribution in [2.75, 3.05) is 0 Å². The van der Waals surface area contributed by atoms with Crippen LogP contribution in [-0.2, 0) is 22.5 Å². The Labute approximate surface area is 160 Å². The van der Waals surface area contributed by atoms with Crippen molar-refractivity contribution in [1.82, 2.24) is 19.7 Å². The summed E-state index contributed by atoms with van der Waals surface area (Å²) in [4.78, 5) is 15.9. The highest BCUT2D eigenvalue weighted by Crippen LogP contribution is 2.30. The molecule has 0 bridgehead atoms. The predicted octanol–water partition coefficient (Wildman–Crippen LogP) is 3.46. The number of carbonyl (C=O) groups excluding carboxylic acids is 1. The second-order valence-electron chi connectivity index (χ2n) is 6.83. The van der Waals surface area contributed by atoms with E-state index in [4.69, 9.17) is 15.1 Å². The number of aromatic nitrogens is 4. The average Bonchev–Trinajstić information content (AvgIpc) is 3.29. The summed E-state index contributed by atoms with van der Waals surface area (Å²) < 4.78 is 7.29. The zero-order valence-electron chi connectivity index (χ0n) is 14.9. The number of thiazole rings is 1. The van der Waals surface area contributed by atoms with E-state index in [0.29, 0.717) is 29.0 Å². The summed E-state index contributed by atoms with van der Waals surface area (Å²) in [5.41, 5.74) is 6.36. The van der Waals surface area contributed by atoms with Gasteiger partial charge in [-0.3, -0.25) is 9.36 Å². The van der Waals surface area contributed by atoms with Crippen LogP contribution in [0.25, 0.3) is 11.6 Å². The Morgan fingerprint density at radius 3 is 2.81 bits per heavy atom. The summed E-state index contributed by atoms with van der Waals surface area (Å²) in [5, 5.41) is 12.4. The Balaban J connectivity index is 1.78. The molecule has 26 heavy (non-hydrogen) atoms. The van der Waals surface area contributed by atoms with Crippen LogP contribution in [-0.4, -0.2) is 25.7 Å². The van der Waals surface area contributed by atoms with Gasteiger partial charge in [0.25, 0.3) is 0 Å². The van der Waals surface area contributed by atoms with Crippen molar-refractivity contribution < 1.29 is 9.21 Å². The average molecular weight is 392 g/mol. The molecule has 0 saturated heterocycles. The van der Waals surface area contributed by atoms with Crippen molar-refractivity contribution >= 4 is 29.0 Å². The number of furan rings is 1. The number of nitrogens with two attached hydrogens (primary N) is 1. The lowest BCUT2D eigenvalue weighted by atomic mass is 9.98. The summed E-state index contributed by atoms with van der Waals surface area (Å²) >= 11 is 3.20. The Bertz CT molecular complexity index is 877. The third kappa shape index (κ3) is 4.34. The van der Waals surface area contributed by atoms with Gasteiger partial charge < -0.3 is 10.2 Å². The molecule has 0 radical (unpaired) electrons. The number of carbonyl (C=O) groups is 1. The Hall–Kier alpha value is -2.13. The molecule has 7 nitrogen and oxygen atoms in total. The number of hydrogen-bond acceptors (Lipinski definition) is 7. The largest absolute Gasteiger partial charge is 0.461 e. The number of hydrogen-bond donors (Lipinski definition) is 1. The van der Waals surface area contributed by atoms with Crippen molar-refractivity contribution in [1.29, 1.82) is 0 Å². The van der Waals surface area contributed by atoms with Crippen LogP contribution >= 0.6 is 23.1 Å². The third-order valence-electron chi connectivity index (χ3n) is 3.58. The standard InChI is InChI=1S/C17H21N5O2S2/c1-17(2,3)15-19-11(9-25-15)10-26-16-21-20-14(12-5-4-8-24-12)22(16)7-6-13(18)23/h4-5,8-9H,6-7,10H2,1-3H3,(H2,18,23). The van der Waals surface area contributed by atoms with Crippen molar-refractivity contribution in [3.05, 3.63) is 34.5 Å². The highest BCUT2D eigenvalue weighted by molar-refractivity contribution is 7.98. The van der Waals surface area contributed by atoms with Crippen LogP contribution in [0.4, 0.5) is 0 Å². The molecule has 2 N–H and O–H groups in total. The number of amides is 1. The van der Waals surface area contributed by atoms with E-state index in [-0.39, 0.29) is 17.7 Å². The first-order valence-corrected chi connectivity index (χ1v) is 10.0. The van der Waals surface area contributed by atoms with Gasteiger partial charge in [0.2, 0.25) is 5.91 Å². The minimum absolute atomic E-state index is 0.0432. The molecule has 9 heteroatoms. The summed E-state index contributed by atoms with van der Waals surface area (Å²) in [7, 11) is 0. The molecule has 138 valence electrons. The lowest BCUT2D eigenvalue weighted by Gasteiger charge is -2.13. The smallest absolute Gasteiger partial charge is 0.219 e. The Morgan fingerprint density at radius 1 is 1.38 bits per heavy atom. The molecule has 0 aromatic carbocycles. The molecule has 0 aliphatic rings. The molecule has 3 aromatic heterocycles. The van der Waals surface area contributed by atoms with Crippen LogP contribution in [0.5, 0.6) is 0 Å². The fourth-order valence-corrected chi connectivity index (χ4v) is 4.13. The van der Waals surface area contributed by atoms with Crippen molar-refractivity contribution in [3.63, 3.8) is 0 Å². The third-order valence-corrected chi connectivity index (χ3v) is 5.90. The van der Waals surface area contributed by atoms with E-state index in [1.165, 1.54) is 11.8 Å². The maximum absolute atomic E-state index is 11.2. The van der Waals surface area contributed by atoms with Crippen LogP contribution < -0.4 is 5.73 Å².